The molecule has 1 N–H and O–H groups in total. The summed E-state index contributed by atoms with van der Waals surface area (Å²) in [5.41, 5.74) is 1.71. The minimum absolute atomic E-state index is 0.173. The molecule has 0 aromatic heterocycles. The van der Waals surface area contributed by atoms with Crippen LogP contribution in [-0.2, 0) is 17.9 Å². The molecule has 0 aliphatic heterocycles. The number of hydrogen-bond donors (Lipinski definition) is 1. The molecule has 1 aromatic carbocycles. The molecule has 0 heterocycles. The van der Waals surface area contributed by atoms with Crippen molar-refractivity contribution < 1.29 is 9.13 Å². The van der Waals surface area contributed by atoms with E-state index in [4.69, 9.17) is 4.74 Å². The normalized spacial score (nSPS) is 12.8. The number of nitrogens with one attached hydrogen (secondary N) is 1. The fourth-order valence-corrected chi connectivity index (χ4v) is 1.40. The molecule has 1 aromatic rings. The zero-order chi connectivity index (χ0) is 12.0. The summed E-state index contributed by atoms with van der Waals surface area (Å²) in [5.74, 6) is -0.192. The van der Waals surface area contributed by atoms with Crippen LogP contribution in [-0.4, -0.2) is 13.2 Å². The van der Waals surface area contributed by atoms with Crippen molar-refractivity contribution in [2.45, 2.75) is 39.5 Å². The third-order valence-corrected chi connectivity index (χ3v) is 2.59. The molecule has 2 nitrogen and oxygen atoms in total. The van der Waals surface area contributed by atoms with Gasteiger partial charge in [0.1, 0.15) is 5.82 Å². The van der Waals surface area contributed by atoms with Crippen LogP contribution in [0.25, 0.3) is 0 Å². The first-order valence-corrected chi connectivity index (χ1v) is 5.70. The molecular formula is C13H20FNO. The molecule has 0 spiro atoms. The summed E-state index contributed by atoms with van der Waals surface area (Å²) in [5, 5.41) is 3.04. The first kappa shape index (κ1) is 13.1. The molecule has 0 saturated heterocycles. The van der Waals surface area contributed by atoms with Gasteiger partial charge in [0.25, 0.3) is 0 Å². The van der Waals surface area contributed by atoms with E-state index in [2.05, 4.69) is 12.2 Å². The summed E-state index contributed by atoms with van der Waals surface area (Å²) in [4.78, 5) is 0. The van der Waals surface area contributed by atoms with Crippen molar-refractivity contribution in [3.63, 3.8) is 0 Å². The van der Waals surface area contributed by atoms with E-state index in [0.29, 0.717) is 12.2 Å². The van der Waals surface area contributed by atoms with Gasteiger partial charge < -0.3 is 10.1 Å². The predicted molar refractivity (Wildman–Crippen MR) is 63.7 cm³/mol. The average Bonchev–Trinajstić information content (AvgIpc) is 2.29. The Hall–Kier alpha value is -0.930. The van der Waals surface area contributed by atoms with Crippen molar-refractivity contribution in [1.82, 2.24) is 5.32 Å². The molecule has 0 fully saturated rings. The van der Waals surface area contributed by atoms with Crippen molar-refractivity contribution in [2.24, 2.45) is 0 Å². The molecule has 16 heavy (non-hydrogen) atoms. The Balaban J connectivity index is 2.66. The number of ether oxygens (including phenoxy) is 1. The van der Waals surface area contributed by atoms with Crippen LogP contribution in [0, 0.1) is 5.82 Å². The lowest BCUT2D eigenvalue weighted by molar-refractivity contribution is 0.0492. The summed E-state index contributed by atoms with van der Waals surface area (Å²) in [6, 6.07) is 5.15. The molecule has 1 unspecified atom stereocenters. The van der Waals surface area contributed by atoms with E-state index >= 15 is 0 Å². The van der Waals surface area contributed by atoms with Gasteiger partial charge >= 0.3 is 0 Å². The molecule has 0 bridgehead atoms. The molecule has 90 valence electrons. The minimum atomic E-state index is -0.192. The zero-order valence-corrected chi connectivity index (χ0v) is 10.2. The Morgan fingerprint density at radius 2 is 2.19 bits per heavy atom. The van der Waals surface area contributed by atoms with Gasteiger partial charge in [0.2, 0.25) is 0 Å². The van der Waals surface area contributed by atoms with Crippen LogP contribution in [0.5, 0.6) is 0 Å². The van der Waals surface area contributed by atoms with E-state index in [0.717, 1.165) is 18.5 Å². The van der Waals surface area contributed by atoms with Gasteiger partial charge in [-0.2, -0.15) is 0 Å². The topological polar surface area (TPSA) is 21.3 Å². The lowest BCUT2D eigenvalue weighted by Gasteiger charge is -2.12. The SMILES string of the molecule is CCC(C)OCc1cc(CNC)ccc1F. The lowest BCUT2D eigenvalue weighted by atomic mass is 10.1. The Bertz CT molecular complexity index is 328. The largest absolute Gasteiger partial charge is 0.374 e. The van der Waals surface area contributed by atoms with Crippen LogP contribution < -0.4 is 5.32 Å². The Labute approximate surface area is 96.8 Å². The van der Waals surface area contributed by atoms with Gasteiger partial charge in [-0.25, -0.2) is 4.39 Å². The van der Waals surface area contributed by atoms with Crippen molar-refractivity contribution >= 4 is 0 Å². The standard InChI is InChI=1S/C13H20FNO/c1-4-10(2)16-9-12-7-11(8-15-3)5-6-13(12)14/h5-7,10,15H,4,8-9H2,1-3H3. The van der Waals surface area contributed by atoms with Gasteiger partial charge in [-0.15, -0.1) is 0 Å². The Morgan fingerprint density at radius 1 is 1.44 bits per heavy atom. The van der Waals surface area contributed by atoms with Crippen LogP contribution in [0.3, 0.4) is 0 Å². The summed E-state index contributed by atoms with van der Waals surface area (Å²) in [7, 11) is 1.87. The van der Waals surface area contributed by atoms with E-state index in [9.17, 15) is 4.39 Å². The highest BCUT2D eigenvalue weighted by molar-refractivity contribution is 5.24. The summed E-state index contributed by atoms with van der Waals surface area (Å²) in [6.45, 7) is 5.14. The van der Waals surface area contributed by atoms with E-state index in [1.54, 1.807) is 6.07 Å². The highest BCUT2D eigenvalue weighted by atomic mass is 19.1. The van der Waals surface area contributed by atoms with Gasteiger partial charge in [0.15, 0.2) is 0 Å². The second kappa shape index (κ2) is 6.61. The number of rotatable bonds is 6. The highest BCUT2D eigenvalue weighted by Crippen LogP contribution is 2.13. The fraction of sp³-hybridized carbons (Fsp3) is 0.538. The molecule has 0 aliphatic rings. The maximum Gasteiger partial charge on any atom is 0.128 e. The summed E-state index contributed by atoms with van der Waals surface area (Å²) in [6.07, 6.45) is 1.12. The quantitative estimate of drug-likeness (QED) is 0.803. The maximum absolute atomic E-state index is 13.5. The van der Waals surface area contributed by atoms with Gasteiger partial charge in [-0.05, 0) is 38.1 Å². The van der Waals surface area contributed by atoms with E-state index in [-0.39, 0.29) is 11.9 Å². The average molecular weight is 225 g/mol. The maximum atomic E-state index is 13.5. The van der Waals surface area contributed by atoms with Gasteiger partial charge in [0, 0.05) is 12.1 Å². The first-order valence-electron chi connectivity index (χ1n) is 5.70. The molecule has 1 atom stereocenters. The van der Waals surface area contributed by atoms with E-state index < -0.39 is 0 Å². The van der Waals surface area contributed by atoms with Crippen LogP contribution >= 0.6 is 0 Å². The molecule has 3 heteroatoms. The van der Waals surface area contributed by atoms with Crippen molar-refractivity contribution in [2.75, 3.05) is 7.05 Å². The van der Waals surface area contributed by atoms with Crippen molar-refractivity contribution in [1.29, 1.82) is 0 Å². The molecule has 1 rings (SSSR count). The summed E-state index contributed by atoms with van der Waals surface area (Å²) >= 11 is 0. The van der Waals surface area contributed by atoms with Crippen molar-refractivity contribution in [3.05, 3.63) is 35.1 Å². The van der Waals surface area contributed by atoms with Gasteiger partial charge in [0.05, 0.1) is 12.7 Å². The fourth-order valence-electron chi connectivity index (χ4n) is 1.40. The zero-order valence-electron chi connectivity index (χ0n) is 10.2. The minimum Gasteiger partial charge on any atom is -0.374 e. The second-order valence-corrected chi connectivity index (χ2v) is 3.99. The van der Waals surface area contributed by atoms with E-state index in [1.807, 2.05) is 20.0 Å². The highest BCUT2D eigenvalue weighted by Gasteiger charge is 2.05. The number of hydrogen-bond acceptors (Lipinski definition) is 2. The number of benzene rings is 1. The molecule has 0 saturated carbocycles. The van der Waals surface area contributed by atoms with E-state index in [1.165, 1.54) is 6.07 Å². The van der Waals surface area contributed by atoms with Crippen molar-refractivity contribution in [3.8, 4) is 0 Å². The van der Waals surface area contributed by atoms with Gasteiger partial charge in [-0.1, -0.05) is 13.0 Å². The van der Waals surface area contributed by atoms with Crippen LogP contribution in [0.15, 0.2) is 18.2 Å². The third kappa shape index (κ3) is 3.91. The lowest BCUT2D eigenvalue weighted by Crippen LogP contribution is -2.09. The smallest absolute Gasteiger partial charge is 0.128 e. The van der Waals surface area contributed by atoms with Crippen LogP contribution in [0.2, 0.25) is 0 Å². The second-order valence-electron chi connectivity index (χ2n) is 3.99. The third-order valence-electron chi connectivity index (χ3n) is 2.59. The van der Waals surface area contributed by atoms with Crippen LogP contribution in [0.4, 0.5) is 4.39 Å². The van der Waals surface area contributed by atoms with Crippen LogP contribution in [0.1, 0.15) is 31.4 Å². The summed E-state index contributed by atoms with van der Waals surface area (Å²) < 4.78 is 19.0. The molecule has 0 aliphatic carbocycles. The predicted octanol–water partition coefficient (Wildman–Crippen LogP) is 2.86. The Kier molecular flexibility index (Phi) is 5.43. The first-order chi connectivity index (χ1) is 7.67. The molecule has 0 amide bonds. The molecular weight excluding hydrogens is 205 g/mol. The monoisotopic (exact) mass is 225 g/mol. The molecule has 0 radical (unpaired) electrons. The number of halogens is 1. The Morgan fingerprint density at radius 3 is 2.81 bits per heavy atom. The van der Waals surface area contributed by atoms with Gasteiger partial charge in [-0.3, -0.25) is 0 Å².